The molecule has 1 aromatic carbocycles. The van der Waals surface area contributed by atoms with Crippen LogP contribution in [0.2, 0.25) is 0 Å². The molecule has 0 saturated heterocycles. The molecule has 2 heterocycles. The quantitative estimate of drug-likeness (QED) is 0.739. The first-order valence-corrected chi connectivity index (χ1v) is 8.53. The fourth-order valence-electron chi connectivity index (χ4n) is 2.91. The van der Waals surface area contributed by atoms with Crippen molar-refractivity contribution in [2.24, 2.45) is 0 Å². The van der Waals surface area contributed by atoms with Crippen LogP contribution in [-0.2, 0) is 12.7 Å². The van der Waals surface area contributed by atoms with Crippen LogP contribution in [0.15, 0.2) is 36.7 Å². The van der Waals surface area contributed by atoms with Crippen molar-refractivity contribution in [3.8, 4) is 0 Å². The number of nitrogens with one attached hydrogen (secondary N) is 1. The monoisotopic (exact) mass is 361 g/mol. The van der Waals surface area contributed by atoms with Crippen LogP contribution in [-0.4, -0.2) is 25.6 Å². The molecule has 1 aliphatic rings. The van der Waals surface area contributed by atoms with Gasteiger partial charge in [-0.2, -0.15) is 13.2 Å². The highest BCUT2D eigenvalue weighted by Crippen LogP contribution is 2.32. The second-order valence-corrected chi connectivity index (χ2v) is 6.69. The Morgan fingerprint density at radius 1 is 1.19 bits per heavy atom. The van der Waals surface area contributed by atoms with Gasteiger partial charge in [0.05, 0.1) is 6.33 Å². The minimum Gasteiger partial charge on any atom is -0.365 e. The molecular weight excluding hydrogens is 343 g/mol. The molecule has 5 nitrogen and oxygen atoms in total. The highest BCUT2D eigenvalue weighted by Gasteiger charge is 2.37. The third-order valence-corrected chi connectivity index (χ3v) is 4.47. The predicted molar refractivity (Wildman–Crippen MR) is 91.8 cm³/mol. The molecule has 136 valence electrons. The summed E-state index contributed by atoms with van der Waals surface area (Å²) in [7, 11) is 0. The van der Waals surface area contributed by atoms with Gasteiger partial charge in [-0.1, -0.05) is 37.3 Å². The number of hydrogen-bond donors (Lipinski definition) is 1. The third kappa shape index (κ3) is 3.36. The molecule has 1 atom stereocenters. The maximum atomic E-state index is 13.2. The van der Waals surface area contributed by atoms with Crippen molar-refractivity contribution in [3.05, 3.63) is 48.0 Å². The Morgan fingerprint density at radius 3 is 2.58 bits per heavy atom. The molecule has 0 radical (unpaired) electrons. The van der Waals surface area contributed by atoms with E-state index in [-0.39, 0.29) is 23.4 Å². The summed E-state index contributed by atoms with van der Waals surface area (Å²) in [6.45, 7) is 2.51. The lowest BCUT2D eigenvalue weighted by Gasteiger charge is -2.14. The van der Waals surface area contributed by atoms with Crippen LogP contribution in [0.3, 0.4) is 0 Å². The first-order chi connectivity index (χ1) is 12.4. The Bertz CT molecular complexity index is 916. The van der Waals surface area contributed by atoms with E-state index < -0.39 is 12.0 Å². The number of halogens is 3. The highest BCUT2D eigenvalue weighted by atomic mass is 19.4. The summed E-state index contributed by atoms with van der Waals surface area (Å²) < 4.78 is 41.4. The van der Waals surface area contributed by atoms with Crippen molar-refractivity contribution in [3.63, 3.8) is 0 Å². The minimum atomic E-state index is -4.60. The fourth-order valence-corrected chi connectivity index (χ4v) is 2.91. The summed E-state index contributed by atoms with van der Waals surface area (Å²) >= 11 is 0. The molecule has 0 bridgehead atoms. The van der Waals surface area contributed by atoms with Gasteiger partial charge >= 0.3 is 6.18 Å². The van der Waals surface area contributed by atoms with Gasteiger partial charge in [0.25, 0.3) is 0 Å². The molecule has 0 spiro atoms. The normalized spacial score (nSPS) is 16.0. The first-order valence-electron chi connectivity index (χ1n) is 8.53. The van der Waals surface area contributed by atoms with Crippen LogP contribution in [0.4, 0.5) is 19.0 Å². The number of nitrogens with zero attached hydrogens (tertiary/aromatic N) is 4. The van der Waals surface area contributed by atoms with Crippen molar-refractivity contribution in [2.75, 3.05) is 5.32 Å². The van der Waals surface area contributed by atoms with Crippen molar-refractivity contribution < 1.29 is 13.2 Å². The summed E-state index contributed by atoms with van der Waals surface area (Å²) in [6, 6.07) is 9.99. The van der Waals surface area contributed by atoms with Crippen LogP contribution < -0.4 is 5.32 Å². The van der Waals surface area contributed by atoms with E-state index in [1.807, 2.05) is 37.3 Å². The van der Waals surface area contributed by atoms with Gasteiger partial charge < -0.3 is 9.88 Å². The lowest BCUT2D eigenvalue weighted by Crippen LogP contribution is -2.15. The lowest BCUT2D eigenvalue weighted by atomic mass is 10.0. The Hall–Kier alpha value is -2.64. The summed E-state index contributed by atoms with van der Waals surface area (Å²) in [5.74, 6) is -0.865. The van der Waals surface area contributed by atoms with Crippen LogP contribution in [0, 0.1) is 0 Å². The van der Waals surface area contributed by atoms with Crippen molar-refractivity contribution in [1.29, 1.82) is 0 Å². The van der Waals surface area contributed by atoms with Gasteiger partial charge in [0.1, 0.15) is 5.52 Å². The number of benzene rings is 1. The molecule has 8 heteroatoms. The number of fused-ring (bicyclic) bond motifs is 1. The average molecular weight is 361 g/mol. The molecule has 26 heavy (non-hydrogen) atoms. The van der Waals surface area contributed by atoms with Gasteiger partial charge in [-0.3, -0.25) is 0 Å². The molecule has 1 aliphatic carbocycles. The highest BCUT2D eigenvalue weighted by molar-refractivity contribution is 5.83. The van der Waals surface area contributed by atoms with E-state index in [0.717, 1.165) is 18.4 Å². The number of imidazole rings is 1. The maximum absolute atomic E-state index is 13.2. The van der Waals surface area contributed by atoms with E-state index in [1.54, 1.807) is 4.57 Å². The molecule has 1 unspecified atom stereocenters. The molecule has 0 aliphatic heterocycles. The number of anilines is 1. The van der Waals surface area contributed by atoms with Crippen LogP contribution in [0.1, 0.15) is 37.1 Å². The average Bonchev–Trinajstić information content (AvgIpc) is 3.34. The topological polar surface area (TPSA) is 55.6 Å². The molecular formula is C18H18F3N5. The lowest BCUT2D eigenvalue weighted by molar-refractivity contribution is -0.144. The Kier molecular flexibility index (Phi) is 4.05. The Morgan fingerprint density at radius 2 is 1.92 bits per heavy atom. The number of rotatable bonds is 5. The first kappa shape index (κ1) is 16.8. The van der Waals surface area contributed by atoms with Crippen LogP contribution in [0.5, 0.6) is 0 Å². The zero-order valence-electron chi connectivity index (χ0n) is 14.2. The standard InChI is InChI=1S/C18H18F3N5/c1-11(12-5-3-2-4-6-12)9-26-10-22-14-15(23-13-7-8-13)24-17(18(19,20)21)25-16(14)26/h2-6,10-11,13H,7-9H2,1H3,(H,23,24,25). The fraction of sp³-hybridized carbons (Fsp3) is 0.389. The number of hydrogen-bond acceptors (Lipinski definition) is 4. The summed E-state index contributed by atoms with van der Waals surface area (Å²) in [6.07, 6.45) is -1.21. The second-order valence-electron chi connectivity index (χ2n) is 6.69. The molecule has 2 aromatic heterocycles. The Labute approximate surface area is 148 Å². The van der Waals surface area contributed by atoms with E-state index >= 15 is 0 Å². The van der Waals surface area contributed by atoms with E-state index in [0.29, 0.717) is 12.1 Å². The van der Waals surface area contributed by atoms with Gasteiger partial charge in [0.15, 0.2) is 11.5 Å². The molecule has 4 rings (SSSR count). The maximum Gasteiger partial charge on any atom is 0.451 e. The third-order valence-electron chi connectivity index (χ3n) is 4.47. The van der Waals surface area contributed by atoms with Crippen molar-refractivity contribution in [2.45, 2.75) is 44.4 Å². The number of aromatic nitrogens is 4. The smallest absolute Gasteiger partial charge is 0.365 e. The molecule has 1 N–H and O–H groups in total. The molecule has 1 saturated carbocycles. The summed E-state index contributed by atoms with van der Waals surface area (Å²) in [5, 5.41) is 3.04. The summed E-state index contributed by atoms with van der Waals surface area (Å²) in [4.78, 5) is 11.7. The van der Waals surface area contributed by atoms with Crippen LogP contribution in [0.25, 0.3) is 11.2 Å². The largest absolute Gasteiger partial charge is 0.451 e. The van der Waals surface area contributed by atoms with Gasteiger partial charge in [0, 0.05) is 12.6 Å². The van der Waals surface area contributed by atoms with Gasteiger partial charge in [0.2, 0.25) is 5.82 Å². The predicted octanol–water partition coefficient (Wildman–Crippen LogP) is 4.22. The molecule has 3 aromatic rings. The van der Waals surface area contributed by atoms with Crippen LogP contribution >= 0.6 is 0 Å². The van der Waals surface area contributed by atoms with E-state index in [4.69, 9.17) is 0 Å². The molecule has 1 fully saturated rings. The van der Waals surface area contributed by atoms with Gasteiger partial charge in [-0.25, -0.2) is 15.0 Å². The molecule has 0 amide bonds. The van der Waals surface area contributed by atoms with Crippen molar-refractivity contribution >= 4 is 17.0 Å². The van der Waals surface area contributed by atoms with E-state index in [9.17, 15) is 13.2 Å². The second kappa shape index (κ2) is 6.26. The van der Waals surface area contributed by atoms with Gasteiger partial charge in [-0.05, 0) is 24.3 Å². The van der Waals surface area contributed by atoms with Gasteiger partial charge in [-0.15, -0.1) is 0 Å². The minimum absolute atomic E-state index is 0.109. The van der Waals surface area contributed by atoms with Crippen molar-refractivity contribution in [1.82, 2.24) is 19.5 Å². The van der Waals surface area contributed by atoms with E-state index in [2.05, 4.69) is 20.3 Å². The zero-order chi connectivity index (χ0) is 18.3. The number of alkyl halides is 3. The van der Waals surface area contributed by atoms with E-state index in [1.165, 1.54) is 6.33 Å². The summed E-state index contributed by atoms with van der Waals surface area (Å²) in [5.41, 5.74) is 1.69. The SMILES string of the molecule is CC(Cn1cnc2c(NC3CC3)nc(C(F)(F)F)nc21)c1ccccc1. The Balaban J connectivity index is 1.73. The zero-order valence-corrected chi connectivity index (χ0v) is 14.2.